The summed E-state index contributed by atoms with van der Waals surface area (Å²) in [5.41, 5.74) is 0. The number of nitrogens with zero attached hydrogens (tertiary/aromatic N) is 2. The highest BCUT2D eigenvalue weighted by Crippen LogP contribution is 2.08. The minimum atomic E-state index is 0.172. The van der Waals surface area contributed by atoms with E-state index < -0.39 is 0 Å². The number of hydrogen-bond donors (Lipinski definition) is 1. The Morgan fingerprint density at radius 3 is 2.31 bits per heavy atom. The highest BCUT2D eigenvalue weighted by Gasteiger charge is 2.18. The van der Waals surface area contributed by atoms with E-state index in [1.54, 1.807) is 0 Å². The van der Waals surface area contributed by atoms with Gasteiger partial charge in [-0.25, -0.2) is 4.31 Å². The largest absolute Gasteiger partial charge is 0.340 e. The highest BCUT2D eigenvalue weighted by molar-refractivity contribution is 7.77. The van der Waals surface area contributed by atoms with E-state index in [2.05, 4.69) is 12.8 Å². The van der Waals surface area contributed by atoms with Crippen molar-refractivity contribution in [1.82, 2.24) is 9.21 Å². The van der Waals surface area contributed by atoms with E-state index in [0.29, 0.717) is 25.7 Å². The lowest BCUT2D eigenvalue weighted by Crippen LogP contribution is -2.45. The van der Waals surface area contributed by atoms with Crippen molar-refractivity contribution in [2.45, 2.75) is 32.6 Å². The molecule has 92 valence electrons. The molecule has 16 heavy (non-hydrogen) atoms. The average Bonchev–Trinajstić information content (AvgIpc) is 2.29. The molecule has 1 saturated heterocycles. The zero-order valence-corrected chi connectivity index (χ0v) is 10.7. The SMILES string of the molecule is CCC(=O)CCCC(=O)N1CCN(S)CC1. The van der Waals surface area contributed by atoms with Crippen LogP contribution in [0.5, 0.6) is 0 Å². The van der Waals surface area contributed by atoms with Crippen molar-refractivity contribution >= 4 is 24.5 Å². The van der Waals surface area contributed by atoms with Crippen LogP contribution in [0.1, 0.15) is 32.6 Å². The quantitative estimate of drug-likeness (QED) is 0.737. The molecule has 0 radical (unpaired) electrons. The Balaban J connectivity index is 2.17. The van der Waals surface area contributed by atoms with E-state index >= 15 is 0 Å². The van der Waals surface area contributed by atoms with Gasteiger partial charge in [-0.2, -0.15) is 0 Å². The number of hydrogen-bond acceptors (Lipinski definition) is 4. The third-order valence-corrected chi connectivity index (χ3v) is 3.25. The first-order chi connectivity index (χ1) is 7.63. The van der Waals surface area contributed by atoms with Crippen molar-refractivity contribution in [2.75, 3.05) is 26.2 Å². The van der Waals surface area contributed by atoms with Crippen LogP contribution in [-0.2, 0) is 9.59 Å². The van der Waals surface area contributed by atoms with Crippen LogP contribution in [0, 0.1) is 0 Å². The first-order valence-electron chi connectivity index (χ1n) is 5.86. The number of carbonyl (C=O) groups is 2. The lowest BCUT2D eigenvalue weighted by Gasteiger charge is -2.31. The normalized spacial score (nSPS) is 17.5. The smallest absolute Gasteiger partial charge is 0.222 e. The molecule has 0 aromatic heterocycles. The number of piperazine rings is 1. The van der Waals surface area contributed by atoms with Gasteiger partial charge in [0.15, 0.2) is 0 Å². The molecular formula is C11H20N2O2S. The topological polar surface area (TPSA) is 40.6 Å². The van der Waals surface area contributed by atoms with Gasteiger partial charge in [0.05, 0.1) is 0 Å². The molecule has 1 aliphatic rings. The van der Waals surface area contributed by atoms with Crippen LogP contribution in [0.4, 0.5) is 0 Å². The van der Waals surface area contributed by atoms with Gasteiger partial charge in [-0.1, -0.05) is 19.7 Å². The maximum atomic E-state index is 11.7. The first-order valence-corrected chi connectivity index (χ1v) is 6.26. The molecule has 0 aromatic carbocycles. The monoisotopic (exact) mass is 244 g/mol. The summed E-state index contributed by atoms with van der Waals surface area (Å²) in [6.07, 6.45) is 2.30. The van der Waals surface area contributed by atoms with Crippen LogP contribution >= 0.6 is 12.8 Å². The van der Waals surface area contributed by atoms with Gasteiger partial charge in [0.2, 0.25) is 5.91 Å². The number of thiol groups is 1. The standard InChI is InChI=1S/C11H20N2O2S/c1-2-10(14)4-3-5-11(15)12-6-8-13(16)9-7-12/h16H,2-9H2,1H3. The Hall–Kier alpha value is -0.550. The third-order valence-electron chi connectivity index (χ3n) is 2.85. The number of ketones is 1. The maximum absolute atomic E-state index is 11.7. The van der Waals surface area contributed by atoms with Crippen molar-refractivity contribution in [3.8, 4) is 0 Å². The molecule has 1 fully saturated rings. The predicted molar refractivity (Wildman–Crippen MR) is 66.3 cm³/mol. The molecule has 1 aliphatic heterocycles. The van der Waals surface area contributed by atoms with Crippen molar-refractivity contribution in [3.63, 3.8) is 0 Å². The van der Waals surface area contributed by atoms with Crippen molar-refractivity contribution < 1.29 is 9.59 Å². The summed E-state index contributed by atoms with van der Waals surface area (Å²) < 4.78 is 1.92. The molecule has 0 bridgehead atoms. The fourth-order valence-electron chi connectivity index (χ4n) is 1.72. The van der Waals surface area contributed by atoms with Crippen LogP contribution < -0.4 is 0 Å². The van der Waals surface area contributed by atoms with Gasteiger partial charge >= 0.3 is 0 Å². The lowest BCUT2D eigenvalue weighted by atomic mass is 10.1. The van der Waals surface area contributed by atoms with Gasteiger partial charge in [0, 0.05) is 45.4 Å². The van der Waals surface area contributed by atoms with Gasteiger partial charge in [-0.3, -0.25) is 9.59 Å². The van der Waals surface area contributed by atoms with Crippen LogP contribution in [0.25, 0.3) is 0 Å². The molecule has 5 heteroatoms. The summed E-state index contributed by atoms with van der Waals surface area (Å²) in [6.45, 7) is 5.01. The van der Waals surface area contributed by atoms with Gasteiger partial charge in [-0.15, -0.1) is 0 Å². The molecule has 0 aliphatic carbocycles. The summed E-state index contributed by atoms with van der Waals surface area (Å²) in [4.78, 5) is 24.7. The third kappa shape index (κ3) is 4.53. The second-order valence-electron chi connectivity index (χ2n) is 4.08. The van der Waals surface area contributed by atoms with E-state index in [-0.39, 0.29) is 11.7 Å². The lowest BCUT2D eigenvalue weighted by molar-refractivity contribution is -0.132. The summed E-state index contributed by atoms with van der Waals surface area (Å²) in [5, 5.41) is 0. The zero-order valence-electron chi connectivity index (χ0n) is 9.81. The van der Waals surface area contributed by atoms with Crippen molar-refractivity contribution in [1.29, 1.82) is 0 Å². The van der Waals surface area contributed by atoms with Crippen LogP contribution in [0.2, 0.25) is 0 Å². The molecule has 0 N–H and O–H groups in total. The zero-order chi connectivity index (χ0) is 12.0. The van der Waals surface area contributed by atoms with Gasteiger partial charge in [0.1, 0.15) is 5.78 Å². The minimum Gasteiger partial charge on any atom is -0.340 e. The fraction of sp³-hybridized carbons (Fsp3) is 0.818. The Morgan fingerprint density at radius 2 is 1.75 bits per heavy atom. The van der Waals surface area contributed by atoms with E-state index in [1.165, 1.54) is 0 Å². The van der Waals surface area contributed by atoms with Crippen LogP contribution in [0.3, 0.4) is 0 Å². The molecule has 0 spiro atoms. The van der Waals surface area contributed by atoms with Gasteiger partial charge in [0.25, 0.3) is 0 Å². The van der Waals surface area contributed by atoms with Crippen molar-refractivity contribution in [3.05, 3.63) is 0 Å². The molecule has 1 amide bonds. The van der Waals surface area contributed by atoms with Gasteiger partial charge in [-0.05, 0) is 6.42 Å². The van der Waals surface area contributed by atoms with E-state index in [4.69, 9.17) is 0 Å². The Labute approximate surface area is 103 Å². The Morgan fingerprint density at radius 1 is 1.12 bits per heavy atom. The van der Waals surface area contributed by atoms with E-state index in [9.17, 15) is 9.59 Å². The molecule has 1 rings (SSSR count). The molecule has 0 atom stereocenters. The number of Topliss-reactive ketones (excluding diaryl/α,β-unsaturated/α-hetero) is 1. The summed E-state index contributed by atoms with van der Waals surface area (Å²) in [7, 11) is 0. The number of amides is 1. The number of carbonyl (C=O) groups excluding carboxylic acids is 2. The molecular weight excluding hydrogens is 224 g/mol. The van der Waals surface area contributed by atoms with Crippen LogP contribution in [-0.4, -0.2) is 47.1 Å². The maximum Gasteiger partial charge on any atom is 0.222 e. The predicted octanol–water partition coefficient (Wildman–Crippen LogP) is 1.12. The summed E-state index contributed by atoms with van der Waals surface area (Å²) in [6, 6.07) is 0. The molecule has 0 unspecified atom stereocenters. The van der Waals surface area contributed by atoms with Crippen LogP contribution in [0.15, 0.2) is 0 Å². The molecule has 4 nitrogen and oxygen atoms in total. The van der Waals surface area contributed by atoms with Crippen molar-refractivity contribution in [2.24, 2.45) is 0 Å². The average molecular weight is 244 g/mol. The second-order valence-corrected chi connectivity index (χ2v) is 4.65. The fourth-order valence-corrected chi connectivity index (χ4v) is 1.90. The molecule has 0 aromatic rings. The Bertz CT molecular complexity index is 250. The molecule has 0 saturated carbocycles. The summed E-state index contributed by atoms with van der Waals surface area (Å²) in [5.74, 6) is 0.415. The summed E-state index contributed by atoms with van der Waals surface area (Å²) >= 11 is 4.23. The van der Waals surface area contributed by atoms with Gasteiger partial charge < -0.3 is 4.90 Å². The van der Waals surface area contributed by atoms with E-state index in [0.717, 1.165) is 26.2 Å². The minimum absolute atomic E-state index is 0.172. The second kappa shape index (κ2) is 6.91. The first kappa shape index (κ1) is 13.5. The Kier molecular flexibility index (Phi) is 5.84. The molecule has 1 heterocycles. The number of rotatable bonds is 5. The highest BCUT2D eigenvalue weighted by atomic mass is 32.1. The van der Waals surface area contributed by atoms with E-state index in [1.807, 2.05) is 16.1 Å².